The van der Waals surface area contributed by atoms with Crippen LogP contribution in [-0.2, 0) is 0 Å². The van der Waals surface area contributed by atoms with E-state index in [1.165, 1.54) is 11.3 Å². The van der Waals surface area contributed by atoms with Crippen molar-refractivity contribution in [2.45, 2.75) is 0 Å². The number of thiocarbonyl (C=S) groups is 1. The van der Waals surface area contributed by atoms with Crippen molar-refractivity contribution in [2.75, 3.05) is 11.5 Å². The molecule has 0 aromatic carbocycles. The topological polar surface area (TPSA) is 91.0 Å². The molecule has 0 saturated heterocycles. The minimum absolute atomic E-state index is 0.242. The summed E-state index contributed by atoms with van der Waals surface area (Å²) in [7, 11) is 0. The van der Waals surface area contributed by atoms with Gasteiger partial charge in [-0.25, -0.2) is 4.98 Å². The van der Waals surface area contributed by atoms with Crippen LogP contribution in [0.25, 0.3) is 0 Å². The molecule has 1 rings (SSSR count). The fourth-order valence-electron chi connectivity index (χ4n) is 0.526. The maximum Gasteiger partial charge on any atom is 0.182 e. The van der Waals surface area contributed by atoms with E-state index in [-0.39, 0.29) is 4.99 Å². The maximum atomic E-state index is 5.39. The lowest BCUT2D eigenvalue weighted by Crippen LogP contribution is -2.09. The van der Waals surface area contributed by atoms with Crippen molar-refractivity contribution in [2.24, 2.45) is 5.73 Å². The molecule has 0 aliphatic carbocycles. The second-order valence-electron chi connectivity index (χ2n) is 1.63. The summed E-state index contributed by atoms with van der Waals surface area (Å²) in [6, 6.07) is 0. The molecule has 1 heterocycles. The molecule has 10 heavy (non-hydrogen) atoms. The summed E-state index contributed by atoms with van der Waals surface area (Å²) in [5.41, 5.74) is 16.0. The van der Waals surface area contributed by atoms with Gasteiger partial charge in [0.25, 0.3) is 0 Å². The Morgan fingerprint density at radius 1 is 1.50 bits per heavy atom. The quantitative estimate of drug-likeness (QED) is 0.519. The number of hydrogen-bond donors (Lipinski definition) is 3. The van der Waals surface area contributed by atoms with Gasteiger partial charge in [-0.2, -0.15) is 0 Å². The van der Waals surface area contributed by atoms with E-state index in [9.17, 15) is 0 Å². The fraction of sp³-hybridized carbons (Fsp3) is 0. The number of thiazole rings is 1. The molecular weight excluding hydrogens is 168 g/mol. The molecule has 54 valence electrons. The predicted molar refractivity (Wildman–Crippen MR) is 46.8 cm³/mol. The van der Waals surface area contributed by atoms with Gasteiger partial charge in [-0.1, -0.05) is 23.6 Å². The lowest BCUT2D eigenvalue weighted by atomic mass is 10.5. The Hall–Kier alpha value is -0.880. The van der Waals surface area contributed by atoms with Crippen LogP contribution in [0.2, 0.25) is 0 Å². The van der Waals surface area contributed by atoms with Crippen LogP contribution in [-0.4, -0.2) is 9.97 Å². The normalized spacial score (nSPS) is 9.60. The van der Waals surface area contributed by atoms with E-state index in [0.717, 1.165) is 0 Å². The van der Waals surface area contributed by atoms with Gasteiger partial charge in [0.1, 0.15) is 15.7 Å². The van der Waals surface area contributed by atoms with E-state index in [1.807, 2.05) is 0 Å². The Balaban J connectivity index is 3.15. The molecule has 0 aliphatic rings. The molecule has 0 radical (unpaired) electrons. The third-order valence-electron chi connectivity index (χ3n) is 0.894. The second-order valence-corrected chi connectivity index (χ2v) is 3.10. The summed E-state index contributed by atoms with van der Waals surface area (Å²) >= 11 is 5.87. The van der Waals surface area contributed by atoms with Crippen molar-refractivity contribution >= 4 is 39.5 Å². The van der Waals surface area contributed by atoms with Crippen molar-refractivity contribution < 1.29 is 0 Å². The summed E-state index contributed by atoms with van der Waals surface area (Å²) in [6.07, 6.45) is 0. The highest BCUT2D eigenvalue weighted by molar-refractivity contribution is 7.81. The number of nitrogens with two attached hydrogens (primary N) is 3. The lowest BCUT2D eigenvalue weighted by molar-refractivity contribution is 1.42. The Morgan fingerprint density at radius 2 is 2.10 bits per heavy atom. The molecule has 0 amide bonds. The van der Waals surface area contributed by atoms with Crippen molar-refractivity contribution in [3.05, 3.63) is 4.88 Å². The van der Waals surface area contributed by atoms with Gasteiger partial charge >= 0.3 is 0 Å². The first-order chi connectivity index (χ1) is 4.61. The number of aromatic nitrogens is 1. The van der Waals surface area contributed by atoms with Crippen LogP contribution in [0.4, 0.5) is 10.9 Å². The molecule has 0 atom stereocenters. The van der Waals surface area contributed by atoms with Crippen LogP contribution in [0.1, 0.15) is 4.88 Å². The molecule has 0 saturated carbocycles. The van der Waals surface area contributed by atoms with E-state index in [4.69, 9.17) is 17.2 Å². The minimum Gasteiger partial charge on any atom is -0.389 e. The van der Waals surface area contributed by atoms with Crippen LogP contribution in [0.5, 0.6) is 0 Å². The number of rotatable bonds is 1. The van der Waals surface area contributed by atoms with E-state index in [1.54, 1.807) is 0 Å². The Bertz CT molecular complexity index is 266. The zero-order valence-electron chi connectivity index (χ0n) is 5.00. The standard InChI is InChI=1S/C4H6N4S2/c5-2-1(3(6)9)10-4(7)8-2/h5H2,(H2,6,9)(H2,7,8). The van der Waals surface area contributed by atoms with Gasteiger partial charge in [0.2, 0.25) is 0 Å². The van der Waals surface area contributed by atoms with Crippen LogP contribution < -0.4 is 17.2 Å². The first kappa shape index (κ1) is 7.23. The smallest absolute Gasteiger partial charge is 0.182 e. The summed E-state index contributed by atoms with van der Waals surface area (Å²) in [4.78, 5) is 4.57. The van der Waals surface area contributed by atoms with Gasteiger partial charge < -0.3 is 17.2 Å². The second kappa shape index (κ2) is 2.39. The van der Waals surface area contributed by atoms with Crippen molar-refractivity contribution in [3.63, 3.8) is 0 Å². The van der Waals surface area contributed by atoms with Gasteiger partial charge in [0, 0.05) is 0 Å². The van der Waals surface area contributed by atoms with E-state index >= 15 is 0 Å². The van der Waals surface area contributed by atoms with Crippen LogP contribution >= 0.6 is 23.6 Å². The fourth-order valence-corrected chi connectivity index (χ4v) is 1.36. The number of nitrogens with zero attached hydrogens (tertiary/aromatic N) is 1. The first-order valence-electron chi connectivity index (χ1n) is 2.43. The minimum atomic E-state index is 0.242. The molecule has 6 heteroatoms. The van der Waals surface area contributed by atoms with Gasteiger partial charge in [-0.15, -0.1) is 0 Å². The SMILES string of the molecule is NC(=S)c1sc(N)nc1N. The third-order valence-corrected chi connectivity index (χ3v) is 2.16. The molecular formula is C4H6N4S2. The van der Waals surface area contributed by atoms with Crippen LogP contribution in [0, 0.1) is 0 Å². The highest BCUT2D eigenvalue weighted by Gasteiger charge is 2.07. The van der Waals surface area contributed by atoms with E-state index in [2.05, 4.69) is 17.2 Å². The lowest BCUT2D eigenvalue weighted by Gasteiger charge is -1.89. The average molecular weight is 174 g/mol. The summed E-state index contributed by atoms with van der Waals surface area (Å²) in [5, 5.41) is 0.389. The molecule has 0 spiro atoms. The van der Waals surface area contributed by atoms with Crippen LogP contribution in [0.15, 0.2) is 0 Å². The molecule has 0 bridgehead atoms. The van der Waals surface area contributed by atoms with Crippen LogP contribution in [0.3, 0.4) is 0 Å². The van der Waals surface area contributed by atoms with E-state index < -0.39 is 0 Å². The number of anilines is 2. The summed E-state index contributed by atoms with van der Waals surface area (Å²) in [6.45, 7) is 0. The first-order valence-corrected chi connectivity index (χ1v) is 3.65. The van der Waals surface area contributed by atoms with Gasteiger partial charge in [0.15, 0.2) is 5.13 Å². The molecule has 6 N–H and O–H groups in total. The van der Waals surface area contributed by atoms with Gasteiger partial charge in [0.05, 0.1) is 0 Å². The highest BCUT2D eigenvalue weighted by atomic mass is 32.1. The maximum absolute atomic E-state index is 5.39. The van der Waals surface area contributed by atoms with Gasteiger partial charge in [-0.05, 0) is 0 Å². The molecule has 4 nitrogen and oxygen atoms in total. The Kier molecular flexibility index (Phi) is 1.73. The third kappa shape index (κ3) is 1.17. The largest absolute Gasteiger partial charge is 0.389 e. The van der Waals surface area contributed by atoms with Crippen molar-refractivity contribution in [1.29, 1.82) is 0 Å². The molecule has 0 fully saturated rings. The zero-order chi connectivity index (χ0) is 7.72. The Labute approximate surface area is 67.0 Å². The van der Waals surface area contributed by atoms with E-state index in [0.29, 0.717) is 15.8 Å². The zero-order valence-corrected chi connectivity index (χ0v) is 6.63. The Morgan fingerprint density at radius 3 is 2.30 bits per heavy atom. The van der Waals surface area contributed by atoms with Crippen molar-refractivity contribution in [1.82, 2.24) is 4.98 Å². The average Bonchev–Trinajstić information content (AvgIpc) is 2.10. The molecule has 0 unspecified atom stereocenters. The van der Waals surface area contributed by atoms with Gasteiger partial charge in [-0.3, -0.25) is 0 Å². The van der Waals surface area contributed by atoms with Crippen molar-refractivity contribution in [3.8, 4) is 0 Å². The molecule has 1 aromatic rings. The number of nitrogen functional groups attached to an aromatic ring is 2. The number of hydrogen-bond acceptors (Lipinski definition) is 5. The highest BCUT2D eigenvalue weighted by Crippen LogP contribution is 2.21. The molecule has 1 aromatic heterocycles. The monoisotopic (exact) mass is 174 g/mol. The predicted octanol–water partition coefficient (Wildman–Crippen LogP) is -0.0583. The molecule has 0 aliphatic heterocycles. The summed E-state index contributed by atoms with van der Waals surface area (Å²) < 4.78 is 0. The summed E-state index contributed by atoms with van der Waals surface area (Å²) in [5.74, 6) is 0.315.